The summed E-state index contributed by atoms with van der Waals surface area (Å²) >= 11 is 0. The molecule has 1 aromatic rings. The van der Waals surface area contributed by atoms with Gasteiger partial charge in [0.05, 0.1) is 6.04 Å². The van der Waals surface area contributed by atoms with E-state index in [4.69, 9.17) is 0 Å². The fourth-order valence-corrected chi connectivity index (χ4v) is 2.28. The summed E-state index contributed by atoms with van der Waals surface area (Å²) in [4.78, 5) is 11.2. The Bertz CT molecular complexity index is 512. The molecule has 0 spiro atoms. The van der Waals surface area contributed by atoms with Crippen LogP contribution in [0.25, 0.3) is 0 Å². The van der Waals surface area contributed by atoms with E-state index in [1.807, 2.05) is 5.32 Å². The maximum Gasteiger partial charge on any atom is 0.463 e. The number of rotatable bonds is 2. The van der Waals surface area contributed by atoms with Gasteiger partial charge >= 0.3 is 18.0 Å². The van der Waals surface area contributed by atoms with Crippen LogP contribution in [-0.4, -0.2) is 18.0 Å². The van der Waals surface area contributed by atoms with Gasteiger partial charge in [-0.1, -0.05) is 24.3 Å². The average molecular weight is 293 g/mol. The van der Waals surface area contributed by atoms with Gasteiger partial charge in [0.15, 0.2) is 0 Å². The van der Waals surface area contributed by atoms with Crippen LogP contribution in [0, 0.1) is 0 Å². The van der Waals surface area contributed by atoms with Crippen molar-refractivity contribution in [3.05, 3.63) is 35.4 Å². The first-order valence-corrected chi connectivity index (χ1v) is 6.07. The third-order valence-electron chi connectivity index (χ3n) is 3.32. The van der Waals surface area contributed by atoms with Gasteiger partial charge in [0.25, 0.3) is 0 Å². The molecule has 0 bridgehead atoms. The molecule has 1 amide bonds. The molecule has 1 aliphatic carbocycles. The Hall–Kier alpha value is -1.66. The molecule has 7 heteroatoms. The predicted octanol–water partition coefficient (Wildman–Crippen LogP) is 3.38. The SMILES string of the molecule is O=C(NC1CCCc2ccccc21)C(F)(F)C(F)(F)F. The van der Waals surface area contributed by atoms with Crippen molar-refractivity contribution in [2.45, 2.75) is 37.4 Å². The lowest BCUT2D eigenvalue weighted by molar-refractivity contribution is -0.270. The number of nitrogens with one attached hydrogen (secondary N) is 1. The number of benzene rings is 1. The Morgan fingerprint density at radius 3 is 2.45 bits per heavy atom. The van der Waals surface area contributed by atoms with Crippen LogP contribution in [0.3, 0.4) is 0 Å². The van der Waals surface area contributed by atoms with Gasteiger partial charge in [0, 0.05) is 0 Å². The number of amides is 1. The molecule has 0 radical (unpaired) electrons. The summed E-state index contributed by atoms with van der Waals surface area (Å²) in [5.74, 6) is -7.67. The van der Waals surface area contributed by atoms with E-state index in [9.17, 15) is 26.7 Å². The van der Waals surface area contributed by atoms with Crippen LogP contribution < -0.4 is 5.32 Å². The Morgan fingerprint density at radius 2 is 1.80 bits per heavy atom. The summed E-state index contributed by atoms with van der Waals surface area (Å²) in [5, 5.41) is 1.81. The van der Waals surface area contributed by atoms with Gasteiger partial charge in [0.1, 0.15) is 0 Å². The molecule has 0 aromatic heterocycles. The van der Waals surface area contributed by atoms with E-state index in [0.29, 0.717) is 18.4 Å². The second-order valence-corrected chi connectivity index (χ2v) is 4.69. The zero-order valence-electron chi connectivity index (χ0n) is 10.3. The van der Waals surface area contributed by atoms with Crippen LogP contribution in [0.5, 0.6) is 0 Å². The molecule has 0 saturated carbocycles. The first-order valence-electron chi connectivity index (χ1n) is 6.07. The van der Waals surface area contributed by atoms with Crippen LogP contribution in [0.2, 0.25) is 0 Å². The molecule has 1 N–H and O–H groups in total. The quantitative estimate of drug-likeness (QED) is 0.832. The number of halogens is 5. The minimum Gasteiger partial charge on any atom is -0.344 e. The number of carbonyl (C=O) groups is 1. The minimum absolute atomic E-state index is 0.344. The van der Waals surface area contributed by atoms with E-state index in [1.54, 1.807) is 24.3 Å². The normalized spacial score (nSPS) is 19.4. The van der Waals surface area contributed by atoms with E-state index in [-0.39, 0.29) is 0 Å². The topological polar surface area (TPSA) is 29.1 Å². The molecule has 1 aromatic carbocycles. The largest absolute Gasteiger partial charge is 0.463 e. The van der Waals surface area contributed by atoms with E-state index in [1.165, 1.54) is 0 Å². The molecule has 1 atom stereocenters. The first kappa shape index (κ1) is 14.7. The molecule has 20 heavy (non-hydrogen) atoms. The minimum atomic E-state index is -5.88. The highest BCUT2D eigenvalue weighted by Gasteiger charge is 2.63. The third kappa shape index (κ3) is 2.62. The number of hydrogen-bond acceptors (Lipinski definition) is 1. The standard InChI is InChI=1S/C13H12F5NO/c14-12(15,13(16,17)18)11(20)19-10-7-3-5-8-4-1-2-6-9(8)10/h1-2,4,6,10H,3,5,7H2,(H,19,20). The van der Waals surface area contributed by atoms with Crippen molar-refractivity contribution in [1.29, 1.82) is 0 Å². The van der Waals surface area contributed by atoms with Gasteiger partial charge in [-0.05, 0) is 30.4 Å². The second kappa shape index (κ2) is 5.03. The van der Waals surface area contributed by atoms with Crippen molar-refractivity contribution in [3.8, 4) is 0 Å². The Balaban J connectivity index is 2.18. The predicted molar refractivity (Wildman–Crippen MR) is 61.3 cm³/mol. The van der Waals surface area contributed by atoms with Crippen LogP contribution in [0.4, 0.5) is 22.0 Å². The van der Waals surface area contributed by atoms with Gasteiger partial charge < -0.3 is 5.32 Å². The lowest BCUT2D eigenvalue weighted by Gasteiger charge is -2.28. The fourth-order valence-electron chi connectivity index (χ4n) is 2.28. The number of aryl methyl sites for hydroxylation is 1. The number of hydrogen-bond donors (Lipinski definition) is 1. The lowest BCUT2D eigenvalue weighted by Crippen LogP contribution is -2.51. The molecule has 1 aliphatic rings. The zero-order chi connectivity index (χ0) is 15.0. The summed E-state index contributed by atoms with van der Waals surface area (Å²) in [6.07, 6.45) is -4.19. The monoisotopic (exact) mass is 293 g/mol. The smallest absolute Gasteiger partial charge is 0.344 e. The van der Waals surface area contributed by atoms with Gasteiger partial charge in [0.2, 0.25) is 0 Å². The van der Waals surface area contributed by atoms with Crippen molar-refractivity contribution < 1.29 is 26.7 Å². The molecular weight excluding hydrogens is 281 g/mol. The summed E-state index contributed by atoms with van der Waals surface area (Å²) in [6.45, 7) is 0. The Kier molecular flexibility index (Phi) is 3.71. The van der Waals surface area contributed by atoms with Crippen molar-refractivity contribution >= 4 is 5.91 Å². The summed E-state index contributed by atoms with van der Waals surface area (Å²) in [7, 11) is 0. The van der Waals surface area contributed by atoms with E-state index in [2.05, 4.69) is 0 Å². The molecule has 110 valence electrons. The van der Waals surface area contributed by atoms with Gasteiger partial charge in [-0.15, -0.1) is 0 Å². The molecular formula is C13H12F5NO. The van der Waals surface area contributed by atoms with Crippen LogP contribution >= 0.6 is 0 Å². The Morgan fingerprint density at radius 1 is 1.15 bits per heavy atom. The lowest BCUT2D eigenvalue weighted by atomic mass is 9.87. The first-order chi connectivity index (χ1) is 9.23. The third-order valence-corrected chi connectivity index (χ3v) is 3.32. The zero-order valence-corrected chi connectivity index (χ0v) is 10.3. The van der Waals surface area contributed by atoms with Gasteiger partial charge in [-0.3, -0.25) is 4.79 Å². The maximum atomic E-state index is 12.9. The highest BCUT2D eigenvalue weighted by molar-refractivity contribution is 5.84. The molecule has 0 heterocycles. The average Bonchev–Trinajstić information content (AvgIpc) is 2.37. The Labute approximate surface area is 112 Å². The second-order valence-electron chi connectivity index (χ2n) is 4.69. The number of fused-ring (bicyclic) bond motifs is 1. The van der Waals surface area contributed by atoms with Crippen molar-refractivity contribution in [2.75, 3.05) is 0 Å². The van der Waals surface area contributed by atoms with Crippen LogP contribution in [-0.2, 0) is 11.2 Å². The van der Waals surface area contributed by atoms with Crippen molar-refractivity contribution in [2.24, 2.45) is 0 Å². The molecule has 0 fully saturated rings. The van der Waals surface area contributed by atoms with Crippen molar-refractivity contribution in [3.63, 3.8) is 0 Å². The van der Waals surface area contributed by atoms with Gasteiger partial charge in [-0.2, -0.15) is 22.0 Å². The van der Waals surface area contributed by atoms with Crippen LogP contribution in [0.1, 0.15) is 30.0 Å². The van der Waals surface area contributed by atoms with Crippen molar-refractivity contribution in [1.82, 2.24) is 5.32 Å². The molecule has 2 rings (SSSR count). The van der Waals surface area contributed by atoms with E-state index >= 15 is 0 Å². The highest BCUT2D eigenvalue weighted by atomic mass is 19.4. The summed E-state index contributed by atoms with van der Waals surface area (Å²) < 4.78 is 62.2. The number of alkyl halides is 5. The molecule has 1 unspecified atom stereocenters. The van der Waals surface area contributed by atoms with E-state index < -0.39 is 24.0 Å². The summed E-state index contributed by atoms with van der Waals surface area (Å²) in [6, 6.07) is 6.01. The van der Waals surface area contributed by atoms with Crippen LogP contribution in [0.15, 0.2) is 24.3 Å². The maximum absolute atomic E-state index is 12.9. The highest BCUT2D eigenvalue weighted by Crippen LogP contribution is 2.37. The van der Waals surface area contributed by atoms with Gasteiger partial charge in [-0.25, -0.2) is 0 Å². The molecule has 0 aliphatic heterocycles. The number of carbonyl (C=O) groups excluding carboxylic acids is 1. The molecule has 0 saturated heterocycles. The molecule has 2 nitrogen and oxygen atoms in total. The fraction of sp³-hybridized carbons (Fsp3) is 0.462. The summed E-state index contributed by atoms with van der Waals surface area (Å²) in [5.41, 5.74) is 1.46. The van der Waals surface area contributed by atoms with E-state index in [0.717, 1.165) is 12.0 Å².